The summed E-state index contributed by atoms with van der Waals surface area (Å²) in [6, 6.07) is 0. The van der Waals surface area contributed by atoms with E-state index in [2.05, 4.69) is 0 Å². The molecule has 0 aromatic heterocycles. The van der Waals surface area contributed by atoms with Gasteiger partial charge in [0.2, 0.25) is 0 Å². The number of rotatable bonds is 5. The third kappa shape index (κ3) is 8.12. The number of carbonyl (C=O) groups is 1. The van der Waals surface area contributed by atoms with E-state index in [0.29, 0.717) is 0 Å². The second-order valence-electron chi connectivity index (χ2n) is 11.4. The molecule has 4 rings (SSSR count). The molecule has 15 atom stereocenters. The van der Waals surface area contributed by atoms with Crippen molar-refractivity contribution in [2.45, 2.75) is 133 Å². The standard InChI is InChI=1S/C16H28O10.C10H18O5/c1-6-12(8(17)10(19)14(21-4)23-6)25-15-11(20)9(18)13-7(24-15)5-22-16(2,3)26-13;1-5-6(2)15-8(4-14-7(3)11)10(13)9(5)12/h6-15,17-20H,5H2,1-4H3;5-6,8-10,12-13H,4H2,1-3H3/t6?,7?,8-,9-,10?,11?,12+,13+,14+,15-;5?,6-,8?,9+,10-/m01/s1. The topological polar surface area (TPSA) is 212 Å². The number of ether oxygens (including phenoxy) is 8. The lowest BCUT2D eigenvalue weighted by atomic mass is 9.89. The Bertz CT molecular complexity index is 842. The number of carbonyl (C=O) groups excluding carboxylic acids is 1. The lowest BCUT2D eigenvalue weighted by molar-refractivity contribution is -0.397. The van der Waals surface area contributed by atoms with E-state index in [1.165, 1.54) is 14.0 Å². The molecule has 0 saturated carbocycles. The fourth-order valence-electron chi connectivity index (χ4n) is 5.11. The first-order chi connectivity index (χ1) is 19.1. The quantitative estimate of drug-likeness (QED) is 0.185. The van der Waals surface area contributed by atoms with Gasteiger partial charge < -0.3 is 68.5 Å². The highest BCUT2D eigenvalue weighted by molar-refractivity contribution is 5.65. The molecule has 0 radical (unpaired) electrons. The molecular formula is C26H46O15. The Kier molecular flexibility index (Phi) is 11.9. The average Bonchev–Trinajstić information content (AvgIpc) is 2.91. The predicted molar refractivity (Wildman–Crippen MR) is 136 cm³/mol. The largest absolute Gasteiger partial charge is 0.463 e. The van der Waals surface area contributed by atoms with E-state index in [9.17, 15) is 35.4 Å². The second kappa shape index (κ2) is 14.2. The van der Waals surface area contributed by atoms with Crippen molar-refractivity contribution in [1.29, 1.82) is 0 Å². The molecule has 0 aliphatic carbocycles. The summed E-state index contributed by atoms with van der Waals surface area (Å²) < 4.78 is 43.1. The number of aliphatic hydroxyl groups excluding tert-OH is 6. The van der Waals surface area contributed by atoms with Gasteiger partial charge in [-0.1, -0.05) is 6.92 Å². The Morgan fingerprint density at radius 3 is 2.07 bits per heavy atom. The third-order valence-corrected chi connectivity index (χ3v) is 7.81. The van der Waals surface area contributed by atoms with E-state index < -0.39 is 91.5 Å². The van der Waals surface area contributed by atoms with Crippen LogP contribution in [0.5, 0.6) is 0 Å². The molecule has 4 fully saturated rings. The van der Waals surface area contributed by atoms with Crippen LogP contribution in [-0.2, 0) is 42.7 Å². The Hall–Kier alpha value is -1.05. The second-order valence-corrected chi connectivity index (χ2v) is 11.4. The van der Waals surface area contributed by atoms with E-state index in [-0.39, 0.29) is 25.2 Å². The summed E-state index contributed by atoms with van der Waals surface area (Å²) in [4.78, 5) is 10.6. The molecule has 15 nitrogen and oxygen atoms in total. The van der Waals surface area contributed by atoms with Crippen LogP contribution in [0.4, 0.5) is 0 Å². The van der Waals surface area contributed by atoms with Crippen molar-refractivity contribution in [3.05, 3.63) is 0 Å². The van der Waals surface area contributed by atoms with Gasteiger partial charge in [-0.15, -0.1) is 0 Å². The van der Waals surface area contributed by atoms with Crippen LogP contribution in [0, 0.1) is 5.92 Å². The average molecular weight is 599 g/mol. The zero-order valence-corrected chi connectivity index (χ0v) is 24.4. The van der Waals surface area contributed by atoms with Gasteiger partial charge in [0.05, 0.1) is 24.9 Å². The van der Waals surface area contributed by atoms with Crippen LogP contribution >= 0.6 is 0 Å². The van der Waals surface area contributed by atoms with Gasteiger partial charge in [0.15, 0.2) is 18.4 Å². The minimum Gasteiger partial charge on any atom is -0.463 e. The summed E-state index contributed by atoms with van der Waals surface area (Å²) in [5.41, 5.74) is 0. The zero-order chi connectivity index (χ0) is 30.8. The van der Waals surface area contributed by atoms with Gasteiger partial charge in [-0.2, -0.15) is 0 Å². The highest BCUT2D eigenvalue weighted by Crippen LogP contribution is 2.34. The van der Waals surface area contributed by atoms with Gasteiger partial charge in [0.25, 0.3) is 0 Å². The molecule has 4 aliphatic rings. The van der Waals surface area contributed by atoms with Crippen LogP contribution in [0.3, 0.4) is 0 Å². The van der Waals surface area contributed by atoms with Crippen LogP contribution < -0.4 is 0 Å². The first-order valence-corrected chi connectivity index (χ1v) is 13.8. The lowest BCUT2D eigenvalue weighted by Gasteiger charge is -2.50. The number of methoxy groups -OCH3 is 1. The maximum Gasteiger partial charge on any atom is 0.302 e. The maximum absolute atomic E-state index is 10.6. The maximum atomic E-state index is 10.6. The van der Waals surface area contributed by atoms with Gasteiger partial charge in [-0.05, 0) is 27.7 Å². The molecule has 4 aliphatic heterocycles. The number of fused-ring (bicyclic) bond motifs is 1. The normalized spacial score (nSPS) is 47.9. The van der Waals surface area contributed by atoms with Crippen molar-refractivity contribution >= 4 is 5.97 Å². The minimum atomic E-state index is -1.41. The third-order valence-electron chi connectivity index (χ3n) is 7.81. The Balaban J connectivity index is 0.000000263. The van der Waals surface area contributed by atoms with Gasteiger partial charge in [0, 0.05) is 20.0 Å². The Labute approximate surface area is 239 Å². The van der Waals surface area contributed by atoms with Crippen LogP contribution in [-0.4, -0.2) is 149 Å². The first-order valence-electron chi connectivity index (χ1n) is 13.8. The summed E-state index contributed by atoms with van der Waals surface area (Å²) in [7, 11) is 1.35. The molecule has 6 unspecified atom stereocenters. The molecule has 0 spiro atoms. The van der Waals surface area contributed by atoms with Crippen molar-refractivity contribution in [2.75, 3.05) is 20.3 Å². The summed E-state index contributed by atoms with van der Waals surface area (Å²) in [5.74, 6) is -1.46. The Morgan fingerprint density at radius 2 is 1.46 bits per heavy atom. The van der Waals surface area contributed by atoms with Crippen molar-refractivity contribution in [2.24, 2.45) is 5.92 Å². The molecule has 240 valence electrons. The fourth-order valence-corrected chi connectivity index (χ4v) is 5.11. The molecule has 4 heterocycles. The lowest BCUT2D eigenvalue weighted by Crippen LogP contribution is -2.66. The van der Waals surface area contributed by atoms with E-state index in [4.69, 9.17) is 37.9 Å². The van der Waals surface area contributed by atoms with E-state index in [0.717, 1.165) is 0 Å². The number of aliphatic hydroxyl groups is 6. The zero-order valence-electron chi connectivity index (χ0n) is 24.4. The first kappa shape index (κ1) is 34.4. The van der Waals surface area contributed by atoms with Crippen molar-refractivity contribution in [1.82, 2.24) is 0 Å². The van der Waals surface area contributed by atoms with Gasteiger partial charge >= 0.3 is 5.97 Å². The molecule has 0 aromatic rings. The number of hydrogen-bond donors (Lipinski definition) is 6. The Morgan fingerprint density at radius 1 is 0.829 bits per heavy atom. The van der Waals surface area contributed by atoms with Crippen LogP contribution in [0.15, 0.2) is 0 Å². The summed E-state index contributed by atoms with van der Waals surface area (Å²) >= 11 is 0. The highest BCUT2D eigenvalue weighted by Gasteiger charge is 2.53. The van der Waals surface area contributed by atoms with Gasteiger partial charge in [-0.25, -0.2) is 0 Å². The molecule has 0 amide bonds. The van der Waals surface area contributed by atoms with Gasteiger partial charge in [-0.3, -0.25) is 4.79 Å². The summed E-state index contributed by atoms with van der Waals surface area (Å²) in [5, 5.41) is 60.5. The molecule has 15 heteroatoms. The van der Waals surface area contributed by atoms with Crippen LogP contribution in [0.25, 0.3) is 0 Å². The van der Waals surface area contributed by atoms with Crippen LogP contribution in [0.1, 0.15) is 41.5 Å². The van der Waals surface area contributed by atoms with E-state index in [1.807, 2.05) is 6.92 Å². The monoisotopic (exact) mass is 598 g/mol. The summed E-state index contributed by atoms with van der Waals surface area (Å²) in [6.45, 7) is 10.1. The highest BCUT2D eigenvalue weighted by atomic mass is 16.8. The SMILES string of the molecule is CC(=O)OCC1O[C@H](C)C(C)[C@H](O)[C@@H]1O.CO[C@@H]1OC(C)[C@@H](O[C@@H]2OC3COC(C)(C)O[C@H]3[C@@H](O)C2O)[C@@H](O)C1O. The number of hydrogen-bond acceptors (Lipinski definition) is 15. The predicted octanol–water partition coefficient (Wildman–Crippen LogP) is -2.22. The van der Waals surface area contributed by atoms with Crippen LogP contribution in [0.2, 0.25) is 0 Å². The molecule has 0 aromatic carbocycles. The fraction of sp³-hybridized carbons (Fsp3) is 0.962. The smallest absolute Gasteiger partial charge is 0.302 e. The van der Waals surface area contributed by atoms with E-state index >= 15 is 0 Å². The molecule has 4 saturated heterocycles. The molecule has 6 N–H and O–H groups in total. The molecule has 41 heavy (non-hydrogen) atoms. The molecule has 0 bridgehead atoms. The van der Waals surface area contributed by atoms with Crippen molar-refractivity contribution in [3.8, 4) is 0 Å². The number of esters is 1. The molecular weight excluding hydrogens is 552 g/mol. The van der Waals surface area contributed by atoms with E-state index in [1.54, 1.807) is 27.7 Å². The van der Waals surface area contributed by atoms with Gasteiger partial charge in [0.1, 0.15) is 61.5 Å². The minimum absolute atomic E-state index is 0.0232. The van der Waals surface area contributed by atoms with Crippen molar-refractivity contribution in [3.63, 3.8) is 0 Å². The summed E-state index contributed by atoms with van der Waals surface area (Å²) in [6.07, 6.45) is -13.3. The van der Waals surface area contributed by atoms with Crippen molar-refractivity contribution < 1.29 is 73.3 Å².